The van der Waals surface area contributed by atoms with Crippen molar-refractivity contribution in [1.29, 1.82) is 0 Å². The van der Waals surface area contributed by atoms with Gasteiger partial charge in [0.1, 0.15) is 42.2 Å². The number of rotatable bonds is 8. The first-order valence-electron chi connectivity index (χ1n) is 18.5. The van der Waals surface area contributed by atoms with Crippen molar-refractivity contribution in [3.05, 3.63) is 11.6 Å². The molecule has 18 unspecified atom stereocenters. The summed E-state index contributed by atoms with van der Waals surface area (Å²) in [7, 11) is 0. The molecule has 6 aliphatic rings. The van der Waals surface area contributed by atoms with E-state index in [2.05, 4.69) is 19.9 Å². The Morgan fingerprint density at radius 3 is 2.37 bits per heavy atom. The van der Waals surface area contributed by atoms with Crippen LogP contribution in [-0.2, 0) is 23.7 Å². The van der Waals surface area contributed by atoms with Crippen molar-refractivity contribution < 1.29 is 59.5 Å². The van der Waals surface area contributed by atoms with Crippen molar-refractivity contribution in [3.63, 3.8) is 0 Å². The minimum Gasteiger partial charge on any atom is -0.463 e. The SMILES string of the molecule is CCC1C(O)C(C(C)C2(O)C(O)CC3C4=CCC5CC(OC6OC(CO)C(O)C(O)C6O)CCC5(C)C4CCC32C)OC1(C)COC(C)=O. The average molecular weight is 697 g/mol. The van der Waals surface area contributed by atoms with Crippen LogP contribution in [0.4, 0.5) is 0 Å². The molecule has 7 N–H and O–H groups in total. The van der Waals surface area contributed by atoms with Gasteiger partial charge in [-0.1, -0.05) is 39.3 Å². The number of carbonyl (C=O) groups excluding carboxylic acids is 1. The molecule has 6 rings (SSSR count). The van der Waals surface area contributed by atoms with Crippen LogP contribution < -0.4 is 0 Å². The number of carbonyl (C=O) groups is 1. The Bertz CT molecular complexity index is 1260. The fourth-order valence-electron chi connectivity index (χ4n) is 11.6. The van der Waals surface area contributed by atoms with E-state index in [0.717, 1.165) is 32.1 Å². The Balaban J connectivity index is 1.19. The highest BCUT2D eigenvalue weighted by Crippen LogP contribution is 2.68. The Morgan fingerprint density at radius 1 is 1.00 bits per heavy atom. The first-order chi connectivity index (χ1) is 23.0. The molecule has 280 valence electrons. The number of esters is 1. The summed E-state index contributed by atoms with van der Waals surface area (Å²) in [4.78, 5) is 11.7. The van der Waals surface area contributed by atoms with Gasteiger partial charge in [-0.05, 0) is 81.5 Å². The second kappa shape index (κ2) is 13.3. The molecule has 0 aromatic carbocycles. The zero-order chi connectivity index (χ0) is 35.8. The van der Waals surface area contributed by atoms with Crippen LogP contribution in [0.3, 0.4) is 0 Å². The predicted octanol–water partition coefficient (Wildman–Crippen LogP) is 1.58. The van der Waals surface area contributed by atoms with E-state index in [-0.39, 0.29) is 35.9 Å². The molecule has 0 aromatic rings. The van der Waals surface area contributed by atoms with Gasteiger partial charge in [-0.3, -0.25) is 4.79 Å². The van der Waals surface area contributed by atoms with Crippen molar-refractivity contribution in [2.75, 3.05) is 13.2 Å². The summed E-state index contributed by atoms with van der Waals surface area (Å²) in [6.07, 6.45) is -1.35. The monoisotopic (exact) mass is 696 g/mol. The van der Waals surface area contributed by atoms with Gasteiger partial charge in [0.25, 0.3) is 0 Å². The van der Waals surface area contributed by atoms with E-state index in [1.165, 1.54) is 12.5 Å². The number of aliphatic hydroxyl groups is 7. The summed E-state index contributed by atoms with van der Waals surface area (Å²) in [6.45, 7) is 11.0. The van der Waals surface area contributed by atoms with Crippen molar-refractivity contribution >= 4 is 5.97 Å². The van der Waals surface area contributed by atoms with Gasteiger partial charge in [-0.2, -0.15) is 0 Å². The number of hydrogen-bond donors (Lipinski definition) is 7. The minimum atomic E-state index is -1.52. The molecule has 4 aliphatic carbocycles. The summed E-state index contributed by atoms with van der Waals surface area (Å²) in [5, 5.41) is 76.6. The van der Waals surface area contributed by atoms with E-state index < -0.39 is 84.1 Å². The second-order valence-corrected chi connectivity index (χ2v) is 17.0. The van der Waals surface area contributed by atoms with Gasteiger partial charge in [0.2, 0.25) is 0 Å². The van der Waals surface area contributed by atoms with E-state index in [1.54, 1.807) is 0 Å². The molecule has 12 heteroatoms. The van der Waals surface area contributed by atoms with Gasteiger partial charge in [-0.25, -0.2) is 0 Å². The molecule has 3 saturated carbocycles. The van der Waals surface area contributed by atoms with Crippen LogP contribution in [0.1, 0.15) is 92.9 Å². The van der Waals surface area contributed by atoms with E-state index in [1.807, 2.05) is 20.8 Å². The van der Waals surface area contributed by atoms with Crippen molar-refractivity contribution in [2.45, 2.75) is 159 Å². The van der Waals surface area contributed by atoms with Crippen LogP contribution >= 0.6 is 0 Å². The molecule has 2 saturated heterocycles. The van der Waals surface area contributed by atoms with Gasteiger partial charge in [-0.15, -0.1) is 0 Å². The van der Waals surface area contributed by atoms with Gasteiger partial charge < -0.3 is 54.7 Å². The normalized spacial score (nSPS) is 53.2. The molecule has 2 heterocycles. The molecule has 0 aromatic heterocycles. The highest BCUT2D eigenvalue weighted by Gasteiger charge is 2.70. The zero-order valence-corrected chi connectivity index (χ0v) is 29.9. The van der Waals surface area contributed by atoms with Crippen LogP contribution in [0.15, 0.2) is 11.6 Å². The summed E-state index contributed by atoms with van der Waals surface area (Å²) in [6, 6.07) is 0. The number of hydrogen-bond acceptors (Lipinski definition) is 12. The van der Waals surface area contributed by atoms with Crippen LogP contribution in [0.25, 0.3) is 0 Å². The second-order valence-electron chi connectivity index (χ2n) is 17.0. The molecule has 49 heavy (non-hydrogen) atoms. The predicted molar refractivity (Wildman–Crippen MR) is 176 cm³/mol. The smallest absolute Gasteiger partial charge is 0.302 e. The quantitative estimate of drug-likeness (QED) is 0.143. The standard InChI is InChI=1S/C37H60O12/c1-7-23-28(41)32(49-36(23,6)17-46-19(3)39)18(2)37(45)27(40)15-25-22-9-8-20-14-21(10-12-34(20,4)24(22)11-13-35(25,37)5)47-33-31(44)30(43)29(42)26(16-38)48-33/h9,18,20-21,23-33,38,40-45H,7-8,10-17H2,1-6H3. The average Bonchev–Trinajstić information content (AvgIpc) is 3.45. The largest absolute Gasteiger partial charge is 0.463 e. The lowest BCUT2D eigenvalue weighted by Crippen LogP contribution is -2.61. The maximum Gasteiger partial charge on any atom is 0.302 e. The molecule has 0 bridgehead atoms. The third kappa shape index (κ3) is 5.75. The fraction of sp³-hybridized carbons (Fsp3) is 0.919. The Hall–Kier alpha value is -1.19. The lowest BCUT2D eigenvalue weighted by atomic mass is 9.47. The molecule has 0 radical (unpaired) electrons. The van der Waals surface area contributed by atoms with Gasteiger partial charge in [0.15, 0.2) is 6.29 Å². The third-order valence-electron chi connectivity index (χ3n) is 14.6. The number of aliphatic hydroxyl groups excluding tert-OH is 6. The van der Waals surface area contributed by atoms with Crippen molar-refractivity contribution in [1.82, 2.24) is 0 Å². The molecule has 5 fully saturated rings. The summed E-state index contributed by atoms with van der Waals surface area (Å²) in [5.41, 5.74) is -1.82. The van der Waals surface area contributed by atoms with Gasteiger partial charge in [0, 0.05) is 24.2 Å². The van der Waals surface area contributed by atoms with E-state index in [9.17, 15) is 40.5 Å². The van der Waals surface area contributed by atoms with Crippen LogP contribution in [0.5, 0.6) is 0 Å². The summed E-state index contributed by atoms with van der Waals surface area (Å²) >= 11 is 0. The number of allylic oxidation sites excluding steroid dienone is 2. The molecular formula is C37H60O12. The molecule has 2 aliphatic heterocycles. The molecule has 0 amide bonds. The van der Waals surface area contributed by atoms with Gasteiger partial charge >= 0.3 is 5.97 Å². The number of fused-ring (bicyclic) bond motifs is 5. The molecule has 0 spiro atoms. The highest BCUT2D eigenvalue weighted by molar-refractivity contribution is 5.66. The van der Waals surface area contributed by atoms with Gasteiger partial charge in [0.05, 0.1) is 31.0 Å². The molecular weight excluding hydrogens is 636 g/mol. The van der Waals surface area contributed by atoms with Crippen LogP contribution in [0.2, 0.25) is 0 Å². The van der Waals surface area contributed by atoms with Crippen molar-refractivity contribution in [2.24, 2.45) is 40.4 Å². The zero-order valence-electron chi connectivity index (χ0n) is 29.9. The Kier molecular flexibility index (Phi) is 10.2. The van der Waals surface area contributed by atoms with E-state index >= 15 is 0 Å². The fourth-order valence-corrected chi connectivity index (χ4v) is 11.6. The molecule has 18 atom stereocenters. The maximum atomic E-state index is 12.7. The Labute approximate surface area is 289 Å². The minimum absolute atomic E-state index is 0.00469. The first kappa shape index (κ1) is 37.6. The summed E-state index contributed by atoms with van der Waals surface area (Å²) in [5.74, 6) is -0.802. The maximum absolute atomic E-state index is 12.7. The van der Waals surface area contributed by atoms with Crippen LogP contribution in [0, 0.1) is 40.4 Å². The topological polar surface area (TPSA) is 196 Å². The Morgan fingerprint density at radius 2 is 1.71 bits per heavy atom. The third-order valence-corrected chi connectivity index (χ3v) is 14.6. The lowest BCUT2D eigenvalue weighted by Gasteiger charge is -2.59. The van der Waals surface area contributed by atoms with Crippen LogP contribution in [-0.4, -0.2) is 121 Å². The number of ether oxygens (including phenoxy) is 4. The van der Waals surface area contributed by atoms with Crippen molar-refractivity contribution in [3.8, 4) is 0 Å². The van der Waals surface area contributed by atoms with E-state index in [0.29, 0.717) is 25.2 Å². The highest BCUT2D eigenvalue weighted by atomic mass is 16.7. The first-order valence-corrected chi connectivity index (χ1v) is 18.5. The lowest BCUT2D eigenvalue weighted by molar-refractivity contribution is -0.315. The summed E-state index contributed by atoms with van der Waals surface area (Å²) < 4.78 is 23.7. The van der Waals surface area contributed by atoms with E-state index in [4.69, 9.17) is 18.9 Å². The molecule has 12 nitrogen and oxygen atoms in total.